The first-order chi connectivity index (χ1) is 13.0. The first-order valence-electron chi connectivity index (χ1n) is 9.07. The van der Waals surface area contributed by atoms with Crippen LogP contribution in [0.1, 0.15) is 43.8 Å². The molecule has 2 bridgehead atoms. The number of carbonyl (C=O) groups is 2. The maximum atomic E-state index is 12.9. The molecule has 0 radical (unpaired) electrons. The fraction of sp³-hybridized carbons (Fsp3) is 0.333. The standard InChI is InChI=1S/C21H21ClN2O3/c1-12-15(9-13-3-5-14(6-4-13)20(25)23-2)10-17-19(18(12)22)27-16-7-8-24(11-16)21(17)26/h3-6,10,16H,7-9,11H2,1-2H3,(H,23,25)/t16-/m1/s1. The minimum atomic E-state index is -0.113. The van der Waals surface area contributed by atoms with Gasteiger partial charge in [-0.25, -0.2) is 0 Å². The van der Waals surface area contributed by atoms with Crippen molar-refractivity contribution in [3.8, 4) is 5.75 Å². The van der Waals surface area contributed by atoms with Crippen LogP contribution in [-0.4, -0.2) is 43.0 Å². The van der Waals surface area contributed by atoms with Crippen LogP contribution in [-0.2, 0) is 6.42 Å². The van der Waals surface area contributed by atoms with Crippen molar-refractivity contribution in [1.29, 1.82) is 0 Å². The predicted octanol–water partition coefficient (Wildman–Crippen LogP) is 3.21. The summed E-state index contributed by atoms with van der Waals surface area (Å²) in [5.74, 6) is 0.394. The van der Waals surface area contributed by atoms with Crippen LogP contribution in [0.25, 0.3) is 0 Å². The molecule has 0 aromatic heterocycles. The van der Waals surface area contributed by atoms with Crippen LogP contribution in [0.4, 0.5) is 0 Å². The molecule has 4 rings (SSSR count). The molecule has 0 saturated carbocycles. The van der Waals surface area contributed by atoms with E-state index in [2.05, 4.69) is 5.32 Å². The zero-order chi connectivity index (χ0) is 19.1. The first-order valence-corrected chi connectivity index (χ1v) is 9.44. The highest BCUT2D eigenvalue weighted by molar-refractivity contribution is 6.33. The summed E-state index contributed by atoms with van der Waals surface area (Å²) < 4.78 is 6.05. The predicted molar refractivity (Wildman–Crippen MR) is 104 cm³/mol. The second kappa shape index (κ2) is 6.89. The van der Waals surface area contributed by atoms with Gasteiger partial charge in [0.25, 0.3) is 11.8 Å². The van der Waals surface area contributed by atoms with Crippen LogP contribution < -0.4 is 10.1 Å². The molecule has 6 heteroatoms. The van der Waals surface area contributed by atoms with E-state index in [1.807, 2.05) is 30.0 Å². The quantitative estimate of drug-likeness (QED) is 0.884. The summed E-state index contributed by atoms with van der Waals surface area (Å²) in [5, 5.41) is 3.13. The molecule has 2 aromatic carbocycles. The van der Waals surface area contributed by atoms with Crippen molar-refractivity contribution in [3.05, 3.63) is 63.2 Å². The van der Waals surface area contributed by atoms with Gasteiger partial charge in [-0.2, -0.15) is 0 Å². The molecular weight excluding hydrogens is 364 g/mol. The Hall–Kier alpha value is -2.53. The highest BCUT2D eigenvalue weighted by atomic mass is 35.5. The lowest BCUT2D eigenvalue weighted by Gasteiger charge is -2.20. The highest BCUT2D eigenvalue weighted by Crippen LogP contribution is 2.39. The van der Waals surface area contributed by atoms with Gasteiger partial charge in [0.15, 0.2) is 5.75 Å². The molecule has 1 saturated heterocycles. The average molecular weight is 385 g/mol. The molecule has 2 aliphatic rings. The van der Waals surface area contributed by atoms with Crippen molar-refractivity contribution in [1.82, 2.24) is 10.2 Å². The average Bonchev–Trinajstić information content (AvgIpc) is 3.10. The minimum absolute atomic E-state index is 0.0110. The van der Waals surface area contributed by atoms with E-state index in [4.69, 9.17) is 16.3 Å². The van der Waals surface area contributed by atoms with Crippen molar-refractivity contribution >= 4 is 23.4 Å². The smallest absolute Gasteiger partial charge is 0.257 e. The van der Waals surface area contributed by atoms with E-state index >= 15 is 0 Å². The lowest BCUT2D eigenvalue weighted by Crippen LogP contribution is -2.28. The van der Waals surface area contributed by atoms with Crippen LogP contribution in [0.3, 0.4) is 0 Å². The van der Waals surface area contributed by atoms with Gasteiger partial charge in [0.1, 0.15) is 6.10 Å². The largest absolute Gasteiger partial charge is 0.486 e. The number of hydrogen-bond acceptors (Lipinski definition) is 3. The number of fused-ring (bicyclic) bond motifs is 3. The van der Waals surface area contributed by atoms with Crippen LogP contribution >= 0.6 is 11.6 Å². The maximum Gasteiger partial charge on any atom is 0.257 e. The molecule has 0 unspecified atom stereocenters. The molecule has 2 amide bonds. The maximum absolute atomic E-state index is 12.9. The Kier molecular flexibility index (Phi) is 4.56. The number of hydrogen-bond donors (Lipinski definition) is 1. The van der Waals surface area contributed by atoms with Crippen LogP contribution in [0, 0.1) is 6.92 Å². The molecule has 2 aromatic rings. The van der Waals surface area contributed by atoms with E-state index < -0.39 is 0 Å². The van der Waals surface area contributed by atoms with Gasteiger partial charge in [0.05, 0.1) is 17.1 Å². The van der Waals surface area contributed by atoms with Crippen LogP contribution in [0.15, 0.2) is 30.3 Å². The van der Waals surface area contributed by atoms with E-state index in [0.29, 0.717) is 34.9 Å². The van der Waals surface area contributed by atoms with Crippen molar-refractivity contribution in [2.24, 2.45) is 0 Å². The zero-order valence-electron chi connectivity index (χ0n) is 15.3. The summed E-state index contributed by atoms with van der Waals surface area (Å²) in [6.45, 7) is 3.30. The molecule has 140 valence electrons. The van der Waals surface area contributed by atoms with Crippen LogP contribution in [0.2, 0.25) is 5.02 Å². The minimum Gasteiger partial charge on any atom is -0.486 e. The van der Waals surface area contributed by atoms with Gasteiger partial charge in [-0.1, -0.05) is 23.7 Å². The van der Waals surface area contributed by atoms with E-state index in [1.165, 1.54) is 0 Å². The number of halogens is 1. The Morgan fingerprint density at radius 3 is 2.78 bits per heavy atom. The van der Waals surface area contributed by atoms with E-state index in [-0.39, 0.29) is 17.9 Å². The monoisotopic (exact) mass is 384 g/mol. The number of nitrogens with one attached hydrogen (secondary N) is 1. The fourth-order valence-electron chi connectivity index (χ4n) is 3.72. The Morgan fingerprint density at radius 2 is 2.07 bits per heavy atom. The van der Waals surface area contributed by atoms with E-state index in [9.17, 15) is 9.59 Å². The Morgan fingerprint density at radius 1 is 1.33 bits per heavy atom. The number of nitrogens with zero attached hydrogens (tertiary/aromatic N) is 1. The Bertz CT molecular complexity index is 924. The number of ether oxygens (including phenoxy) is 1. The Labute approximate surface area is 163 Å². The summed E-state index contributed by atoms with van der Waals surface area (Å²) >= 11 is 6.59. The van der Waals surface area contributed by atoms with Crippen molar-refractivity contribution in [3.63, 3.8) is 0 Å². The van der Waals surface area contributed by atoms with Gasteiger partial charge in [0, 0.05) is 25.6 Å². The highest BCUT2D eigenvalue weighted by Gasteiger charge is 2.36. The second-order valence-corrected chi connectivity index (χ2v) is 7.46. The topological polar surface area (TPSA) is 58.6 Å². The molecular formula is C21H21ClN2O3. The summed E-state index contributed by atoms with van der Waals surface area (Å²) in [6, 6.07) is 9.36. The SMILES string of the molecule is CNC(=O)c1ccc(Cc2cc3c(c(Cl)c2C)O[C@@H]2CCN(C2)C3=O)cc1. The molecule has 1 fully saturated rings. The molecule has 0 aliphatic carbocycles. The lowest BCUT2D eigenvalue weighted by atomic mass is 9.96. The summed E-state index contributed by atoms with van der Waals surface area (Å²) in [7, 11) is 1.61. The van der Waals surface area contributed by atoms with Gasteiger partial charge in [-0.15, -0.1) is 0 Å². The normalized spacial score (nSPS) is 18.0. The van der Waals surface area contributed by atoms with Gasteiger partial charge in [0.2, 0.25) is 0 Å². The molecule has 2 heterocycles. The fourth-order valence-corrected chi connectivity index (χ4v) is 3.99. The summed E-state index contributed by atoms with van der Waals surface area (Å²) in [5.41, 5.74) is 4.12. The molecule has 27 heavy (non-hydrogen) atoms. The second-order valence-electron chi connectivity index (χ2n) is 7.08. The van der Waals surface area contributed by atoms with Gasteiger partial charge >= 0.3 is 0 Å². The van der Waals surface area contributed by atoms with Crippen LogP contribution in [0.5, 0.6) is 5.75 Å². The molecule has 5 nitrogen and oxygen atoms in total. The first kappa shape index (κ1) is 17.9. The van der Waals surface area contributed by atoms with Crippen molar-refractivity contribution in [2.45, 2.75) is 25.9 Å². The third-order valence-corrected chi connectivity index (χ3v) is 5.81. The molecule has 1 atom stereocenters. The Balaban J connectivity index is 1.68. The van der Waals surface area contributed by atoms with Crippen molar-refractivity contribution in [2.75, 3.05) is 20.1 Å². The van der Waals surface area contributed by atoms with Gasteiger partial charge in [-0.05, 0) is 48.2 Å². The third kappa shape index (κ3) is 3.16. The summed E-state index contributed by atoms with van der Waals surface area (Å²) in [4.78, 5) is 26.4. The number of rotatable bonds is 3. The number of amides is 2. The zero-order valence-corrected chi connectivity index (χ0v) is 16.1. The van der Waals surface area contributed by atoms with E-state index in [0.717, 1.165) is 29.7 Å². The van der Waals surface area contributed by atoms with E-state index in [1.54, 1.807) is 19.2 Å². The molecule has 1 N–H and O–H groups in total. The van der Waals surface area contributed by atoms with Gasteiger partial charge < -0.3 is 15.0 Å². The lowest BCUT2D eigenvalue weighted by molar-refractivity contribution is 0.0792. The summed E-state index contributed by atoms with van der Waals surface area (Å²) in [6.07, 6.45) is 1.50. The molecule has 2 aliphatic heterocycles. The van der Waals surface area contributed by atoms with Crippen molar-refractivity contribution < 1.29 is 14.3 Å². The number of benzene rings is 2. The van der Waals surface area contributed by atoms with Gasteiger partial charge in [-0.3, -0.25) is 9.59 Å². The third-order valence-electron chi connectivity index (χ3n) is 5.36. The number of carbonyl (C=O) groups excluding carboxylic acids is 2. The molecule has 0 spiro atoms.